The van der Waals surface area contributed by atoms with Gasteiger partial charge in [-0.3, -0.25) is 4.79 Å². The predicted octanol–water partition coefficient (Wildman–Crippen LogP) is 2.06. The molecule has 2 aliphatic carbocycles. The standard InChI is InChI=1S/C24H26N2O7S/c1-34(31,32)13-10-20(21(27)28)25-22(29)24(11-12-24)26-23(30)33-14-19-17-8-4-2-6-15(17)16-7-3-5-9-18(16)19/h2-9,19-20H,10-14H2,1H3,(H,25,29)(H,26,30)(H,27,28). The van der Waals surface area contributed by atoms with Crippen LogP contribution in [-0.2, 0) is 24.2 Å². The topological polar surface area (TPSA) is 139 Å². The lowest BCUT2D eigenvalue weighted by atomic mass is 9.98. The van der Waals surface area contributed by atoms with Crippen LogP contribution < -0.4 is 10.6 Å². The highest BCUT2D eigenvalue weighted by Gasteiger charge is 2.52. The molecule has 0 aliphatic heterocycles. The van der Waals surface area contributed by atoms with E-state index in [0.717, 1.165) is 28.5 Å². The minimum absolute atomic E-state index is 0.0870. The molecule has 9 nitrogen and oxygen atoms in total. The van der Waals surface area contributed by atoms with E-state index in [4.69, 9.17) is 4.74 Å². The van der Waals surface area contributed by atoms with Gasteiger partial charge in [0.25, 0.3) is 0 Å². The van der Waals surface area contributed by atoms with Gasteiger partial charge in [0.05, 0.1) is 5.75 Å². The molecule has 34 heavy (non-hydrogen) atoms. The van der Waals surface area contributed by atoms with Crippen LogP contribution in [0.15, 0.2) is 48.5 Å². The van der Waals surface area contributed by atoms with Gasteiger partial charge in [-0.05, 0) is 41.5 Å². The number of rotatable bonds is 9. The molecule has 180 valence electrons. The Labute approximate surface area is 197 Å². The van der Waals surface area contributed by atoms with Crippen molar-refractivity contribution < 1.29 is 32.6 Å². The molecule has 0 bridgehead atoms. The van der Waals surface area contributed by atoms with E-state index in [-0.39, 0.29) is 24.7 Å². The summed E-state index contributed by atoms with van der Waals surface area (Å²) < 4.78 is 28.2. The summed E-state index contributed by atoms with van der Waals surface area (Å²) in [5, 5.41) is 14.2. The molecule has 10 heteroatoms. The quantitative estimate of drug-likeness (QED) is 0.493. The number of carbonyl (C=O) groups excluding carboxylic acids is 2. The van der Waals surface area contributed by atoms with Gasteiger partial charge < -0.3 is 20.5 Å². The number of carboxylic acid groups (broad SMARTS) is 1. The minimum Gasteiger partial charge on any atom is -0.480 e. The van der Waals surface area contributed by atoms with E-state index in [2.05, 4.69) is 10.6 Å². The lowest BCUT2D eigenvalue weighted by Gasteiger charge is -2.21. The van der Waals surface area contributed by atoms with Gasteiger partial charge in [-0.15, -0.1) is 0 Å². The number of fused-ring (bicyclic) bond motifs is 3. The van der Waals surface area contributed by atoms with Crippen LogP contribution in [0.5, 0.6) is 0 Å². The Bertz CT molecular complexity index is 1190. The Morgan fingerprint density at radius 2 is 1.62 bits per heavy atom. The number of benzene rings is 2. The Morgan fingerprint density at radius 3 is 2.12 bits per heavy atom. The van der Waals surface area contributed by atoms with Crippen LogP contribution in [-0.4, -0.2) is 61.7 Å². The van der Waals surface area contributed by atoms with E-state index >= 15 is 0 Å². The van der Waals surface area contributed by atoms with Gasteiger partial charge in [-0.2, -0.15) is 0 Å². The molecule has 4 rings (SSSR count). The average Bonchev–Trinajstić information content (AvgIpc) is 3.50. The summed E-state index contributed by atoms with van der Waals surface area (Å²) in [6, 6.07) is 14.5. The zero-order valence-electron chi connectivity index (χ0n) is 18.6. The van der Waals surface area contributed by atoms with Crippen LogP contribution in [0.4, 0.5) is 4.79 Å². The number of nitrogens with one attached hydrogen (secondary N) is 2. The molecular weight excluding hydrogens is 460 g/mol. The highest BCUT2D eigenvalue weighted by Crippen LogP contribution is 2.44. The molecular formula is C24H26N2O7S. The normalized spacial score (nSPS) is 16.6. The van der Waals surface area contributed by atoms with Crippen LogP contribution in [0, 0.1) is 0 Å². The number of hydrogen-bond donors (Lipinski definition) is 3. The van der Waals surface area contributed by atoms with Gasteiger partial charge in [-0.1, -0.05) is 48.5 Å². The molecule has 0 saturated heterocycles. The first kappa shape index (κ1) is 23.7. The molecule has 2 aromatic carbocycles. The predicted molar refractivity (Wildman–Crippen MR) is 124 cm³/mol. The van der Waals surface area contributed by atoms with Crippen LogP contribution in [0.25, 0.3) is 11.1 Å². The number of aliphatic carboxylic acids is 1. The van der Waals surface area contributed by atoms with E-state index in [0.29, 0.717) is 12.8 Å². The maximum atomic E-state index is 12.7. The molecule has 1 atom stereocenters. The van der Waals surface area contributed by atoms with Gasteiger partial charge in [0, 0.05) is 12.2 Å². The van der Waals surface area contributed by atoms with Gasteiger partial charge >= 0.3 is 12.1 Å². The molecule has 1 fully saturated rings. The van der Waals surface area contributed by atoms with Crippen molar-refractivity contribution in [2.75, 3.05) is 18.6 Å². The summed E-state index contributed by atoms with van der Waals surface area (Å²) >= 11 is 0. The Kier molecular flexibility index (Phi) is 6.35. The Hall–Kier alpha value is -3.40. The van der Waals surface area contributed by atoms with E-state index in [1.807, 2.05) is 48.5 Å². The number of sulfone groups is 1. The summed E-state index contributed by atoms with van der Waals surface area (Å²) in [7, 11) is -3.39. The van der Waals surface area contributed by atoms with E-state index < -0.39 is 39.4 Å². The van der Waals surface area contributed by atoms with Gasteiger partial charge in [0.1, 0.15) is 28.0 Å². The summed E-state index contributed by atoms with van der Waals surface area (Å²) in [6.45, 7) is 0.0870. The van der Waals surface area contributed by atoms with Crippen LogP contribution >= 0.6 is 0 Å². The summed E-state index contributed by atoms with van der Waals surface area (Å²) in [6.07, 6.45) is 0.635. The highest BCUT2D eigenvalue weighted by molar-refractivity contribution is 7.90. The monoisotopic (exact) mass is 486 g/mol. The molecule has 0 spiro atoms. The summed E-state index contributed by atoms with van der Waals surface area (Å²) in [4.78, 5) is 36.7. The number of carbonyl (C=O) groups is 3. The van der Waals surface area contributed by atoms with Gasteiger partial charge in [0.15, 0.2) is 0 Å². The average molecular weight is 487 g/mol. The molecule has 3 N–H and O–H groups in total. The third-order valence-electron chi connectivity index (χ3n) is 6.25. The zero-order chi connectivity index (χ0) is 24.5. The fourth-order valence-corrected chi connectivity index (χ4v) is 4.91. The van der Waals surface area contributed by atoms with E-state index in [1.165, 1.54) is 0 Å². The largest absolute Gasteiger partial charge is 0.480 e. The smallest absolute Gasteiger partial charge is 0.408 e. The van der Waals surface area contributed by atoms with Gasteiger partial charge in [-0.25, -0.2) is 18.0 Å². The second kappa shape index (κ2) is 9.09. The van der Waals surface area contributed by atoms with E-state index in [9.17, 15) is 27.9 Å². The van der Waals surface area contributed by atoms with Crippen molar-refractivity contribution in [1.29, 1.82) is 0 Å². The number of hydrogen-bond acceptors (Lipinski definition) is 6. The first-order chi connectivity index (χ1) is 16.1. The Morgan fingerprint density at radius 1 is 1.06 bits per heavy atom. The van der Waals surface area contributed by atoms with Gasteiger partial charge in [0.2, 0.25) is 5.91 Å². The number of alkyl carbamates (subject to hydrolysis) is 1. The maximum absolute atomic E-state index is 12.7. The molecule has 1 unspecified atom stereocenters. The molecule has 2 aromatic rings. The van der Waals surface area contributed by atoms with Crippen molar-refractivity contribution in [3.63, 3.8) is 0 Å². The van der Waals surface area contributed by atoms with Crippen molar-refractivity contribution in [3.05, 3.63) is 59.7 Å². The lowest BCUT2D eigenvalue weighted by Crippen LogP contribution is -2.53. The highest BCUT2D eigenvalue weighted by atomic mass is 32.2. The van der Waals surface area contributed by atoms with Crippen molar-refractivity contribution in [2.24, 2.45) is 0 Å². The fraction of sp³-hybridized carbons (Fsp3) is 0.375. The summed E-state index contributed by atoms with van der Waals surface area (Å²) in [5.74, 6) is -2.51. The van der Waals surface area contributed by atoms with Crippen molar-refractivity contribution in [1.82, 2.24) is 10.6 Å². The first-order valence-corrected chi connectivity index (χ1v) is 13.0. The molecule has 2 amide bonds. The fourth-order valence-electron chi connectivity index (χ4n) is 4.25. The molecule has 0 radical (unpaired) electrons. The third kappa shape index (κ3) is 5.06. The number of ether oxygens (including phenoxy) is 1. The minimum atomic E-state index is -3.39. The SMILES string of the molecule is CS(=O)(=O)CCC(NC(=O)C1(NC(=O)OCC2c3ccccc3-c3ccccc32)CC1)C(=O)O. The lowest BCUT2D eigenvalue weighted by molar-refractivity contribution is -0.142. The molecule has 0 aromatic heterocycles. The molecule has 1 saturated carbocycles. The van der Waals surface area contributed by atoms with E-state index in [1.54, 1.807) is 0 Å². The summed E-state index contributed by atoms with van der Waals surface area (Å²) in [5.41, 5.74) is 3.07. The number of amides is 2. The maximum Gasteiger partial charge on any atom is 0.408 e. The molecule has 2 aliphatic rings. The first-order valence-electron chi connectivity index (χ1n) is 10.9. The van der Waals surface area contributed by atoms with Crippen LogP contribution in [0.2, 0.25) is 0 Å². The van der Waals surface area contributed by atoms with Crippen LogP contribution in [0.1, 0.15) is 36.3 Å². The van der Waals surface area contributed by atoms with Crippen LogP contribution in [0.3, 0.4) is 0 Å². The molecule has 0 heterocycles. The zero-order valence-corrected chi connectivity index (χ0v) is 19.4. The van der Waals surface area contributed by atoms with Crippen molar-refractivity contribution in [3.8, 4) is 11.1 Å². The third-order valence-corrected chi connectivity index (χ3v) is 7.23. The second-order valence-electron chi connectivity index (χ2n) is 8.82. The Balaban J connectivity index is 1.37. The van der Waals surface area contributed by atoms with Crippen molar-refractivity contribution in [2.45, 2.75) is 36.8 Å². The number of carboxylic acids is 1. The van der Waals surface area contributed by atoms with Crippen molar-refractivity contribution >= 4 is 27.8 Å². The second-order valence-corrected chi connectivity index (χ2v) is 11.1.